The molecule has 3 unspecified atom stereocenters. The topological polar surface area (TPSA) is 47.6 Å². The van der Waals surface area contributed by atoms with Crippen LogP contribution in [0.3, 0.4) is 0 Å². The lowest BCUT2D eigenvalue weighted by molar-refractivity contribution is -0.126. The molecule has 1 aromatic carbocycles. The zero-order chi connectivity index (χ0) is 13.9. The molecule has 2 aliphatic rings. The largest absolute Gasteiger partial charge is 0.379 e. The van der Waals surface area contributed by atoms with Crippen molar-refractivity contribution in [1.29, 1.82) is 0 Å². The van der Waals surface area contributed by atoms with E-state index in [0.717, 1.165) is 6.42 Å². The van der Waals surface area contributed by atoms with Crippen molar-refractivity contribution in [3.8, 4) is 0 Å². The van der Waals surface area contributed by atoms with E-state index < -0.39 is 0 Å². The Labute approximate surface area is 119 Å². The van der Waals surface area contributed by atoms with Gasteiger partial charge in [-0.3, -0.25) is 4.79 Å². The maximum atomic E-state index is 12.5. The van der Waals surface area contributed by atoms with Crippen LogP contribution in [0.1, 0.15) is 23.7 Å². The molecule has 20 heavy (non-hydrogen) atoms. The van der Waals surface area contributed by atoms with E-state index >= 15 is 0 Å². The van der Waals surface area contributed by atoms with Crippen molar-refractivity contribution < 1.29 is 14.3 Å². The summed E-state index contributed by atoms with van der Waals surface area (Å²) < 4.78 is 11.2. The summed E-state index contributed by atoms with van der Waals surface area (Å²) in [7, 11) is 1.88. The van der Waals surface area contributed by atoms with Crippen LogP contribution in [0.2, 0.25) is 0 Å². The highest BCUT2D eigenvalue weighted by molar-refractivity contribution is 5.83. The fourth-order valence-electron chi connectivity index (χ4n) is 3.14. The minimum atomic E-state index is -0.0921. The first kappa shape index (κ1) is 13.7. The molecule has 0 aliphatic carbocycles. The van der Waals surface area contributed by atoms with Gasteiger partial charge in [0.2, 0.25) is 0 Å². The predicted octanol–water partition coefficient (Wildman–Crippen LogP) is 1.49. The molecule has 2 aliphatic heterocycles. The number of hydrogen-bond donors (Lipinski definition) is 1. The molecule has 3 rings (SSSR count). The van der Waals surface area contributed by atoms with Crippen LogP contribution in [0, 0.1) is 5.92 Å². The average Bonchev–Trinajstić information content (AvgIpc) is 2.96. The molecular formula is C16H21NO3. The highest BCUT2D eigenvalue weighted by Crippen LogP contribution is 2.31. The van der Waals surface area contributed by atoms with Gasteiger partial charge in [-0.25, -0.2) is 0 Å². The molecule has 4 heteroatoms. The van der Waals surface area contributed by atoms with E-state index in [9.17, 15) is 4.79 Å². The van der Waals surface area contributed by atoms with E-state index in [1.54, 1.807) is 0 Å². The number of carbonyl (C=O) groups excluding carboxylic acids is 1. The molecule has 0 aromatic heterocycles. The van der Waals surface area contributed by atoms with Crippen LogP contribution in [0.5, 0.6) is 0 Å². The van der Waals surface area contributed by atoms with Gasteiger partial charge >= 0.3 is 0 Å². The molecule has 2 heterocycles. The molecule has 0 bridgehead atoms. The number of ketones is 1. The lowest BCUT2D eigenvalue weighted by atomic mass is 9.89. The van der Waals surface area contributed by atoms with E-state index in [0.29, 0.717) is 26.2 Å². The number of nitrogens with one attached hydrogen (secondary N) is 1. The van der Waals surface area contributed by atoms with Gasteiger partial charge in [0.15, 0.2) is 0 Å². The molecule has 1 N–H and O–H groups in total. The monoisotopic (exact) mass is 275 g/mol. The molecule has 1 saturated heterocycles. The van der Waals surface area contributed by atoms with Crippen molar-refractivity contribution >= 4 is 5.78 Å². The minimum Gasteiger partial charge on any atom is -0.379 e. The Hall–Kier alpha value is -1.23. The third kappa shape index (κ3) is 2.64. The number of carbonyl (C=O) groups is 1. The Kier molecular flexibility index (Phi) is 4.15. The molecule has 0 spiro atoms. The second-order valence-electron chi connectivity index (χ2n) is 5.52. The molecular weight excluding hydrogens is 254 g/mol. The first-order valence-electron chi connectivity index (χ1n) is 7.26. The average molecular weight is 275 g/mol. The van der Waals surface area contributed by atoms with E-state index in [1.165, 1.54) is 11.1 Å². The second-order valence-corrected chi connectivity index (χ2v) is 5.52. The van der Waals surface area contributed by atoms with Crippen LogP contribution in [0.25, 0.3) is 0 Å². The van der Waals surface area contributed by atoms with Gasteiger partial charge < -0.3 is 14.8 Å². The molecule has 108 valence electrons. The number of Topliss-reactive ketones (excluding diaryl/α,β-unsaturated/α-hetero) is 1. The SMILES string of the molecule is CNC1COCC1C(=O)CC1OCCc2ccccc21. The Morgan fingerprint density at radius 2 is 2.20 bits per heavy atom. The quantitative estimate of drug-likeness (QED) is 0.904. The fraction of sp³-hybridized carbons (Fsp3) is 0.562. The van der Waals surface area contributed by atoms with Gasteiger partial charge in [0.25, 0.3) is 0 Å². The van der Waals surface area contributed by atoms with Crippen molar-refractivity contribution in [2.24, 2.45) is 5.92 Å². The fourth-order valence-corrected chi connectivity index (χ4v) is 3.14. The molecule has 1 fully saturated rings. The molecule has 0 saturated carbocycles. The van der Waals surface area contributed by atoms with Gasteiger partial charge in [0.05, 0.1) is 31.8 Å². The van der Waals surface area contributed by atoms with Crippen molar-refractivity contribution in [1.82, 2.24) is 5.32 Å². The summed E-state index contributed by atoms with van der Waals surface area (Å²) in [6.07, 6.45) is 1.29. The second kappa shape index (κ2) is 6.04. The van der Waals surface area contributed by atoms with E-state index in [1.807, 2.05) is 19.2 Å². The van der Waals surface area contributed by atoms with Crippen LogP contribution in [0.15, 0.2) is 24.3 Å². The number of hydrogen-bond acceptors (Lipinski definition) is 4. The van der Waals surface area contributed by atoms with E-state index in [2.05, 4.69) is 17.4 Å². The number of likely N-dealkylation sites (N-methyl/N-ethyl adjacent to an activating group) is 1. The normalized spacial score (nSPS) is 29.1. The Balaban J connectivity index is 1.71. The number of rotatable bonds is 4. The summed E-state index contributed by atoms with van der Waals surface area (Å²) in [5.74, 6) is 0.196. The molecule has 0 radical (unpaired) electrons. The van der Waals surface area contributed by atoms with Gasteiger partial charge in [-0.2, -0.15) is 0 Å². The minimum absolute atomic E-state index is 0.0438. The van der Waals surface area contributed by atoms with Gasteiger partial charge in [-0.1, -0.05) is 24.3 Å². The van der Waals surface area contributed by atoms with Crippen LogP contribution in [0.4, 0.5) is 0 Å². The van der Waals surface area contributed by atoms with Crippen LogP contribution < -0.4 is 5.32 Å². The van der Waals surface area contributed by atoms with Crippen molar-refractivity contribution in [2.75, 3.05) is 26.9 Å². The summed E-state index contributed by atoms with van der Waals surface area (Å²) in [6, 6.07) is 8.41. The van der Waals surface area contributed by atoms with Gasteiger partial charge in [0, 0.05) is 12.5 Å². The summed E-state index contributed by atoms with van der Waals surface area (Å²) in [6.45, 7) is 1.85. The Morgan fingerprint density at radius 3 is 3.05 bits per heavy atom. The van der Waals surface area contributed by atoms with Crippen molar-refractivity contribution in [3.05, 3.63) is 35.4 Å². The predicted molar refractivity (Wildman–Crippen MR) is 75.6 cm³/mol. The number of fused-ring (bicyclic) bond motifs is 1. The molecule has 0 amide bonds. The molecule has 3 atom stereocenters. The lowest BCUT2D eigenvalue weighted by Gasteiger charge is -2.27. The third-order valence-corrected chi connectivity index (χ3v) is 4.34. The van der Waals surface area contributed by atoms with E-state index in [4.69, 9.17) is 9.47 Å². The summed E-state index contributed by atoms with van der Waals surface area (Å²) in [5, 5.41) is 3.16. The van der Waals surface area contributed by atoms with E-state index in [-0.39, 0.29) is 23.8 Å². The lowest BCUT2D eigenvalue weighted by Crippen LogP contribution is -2.37. The van der Waals surface area contributed by atoms with Crippen molar-refractivity contribution in [3.63, 3.8) is 0 Å². The first-order chi connectivity index (χ1) is 9.79. The maximum Gasteiger partial charge on any atom is 0.142 e. The summed E-state index contributed by atoms with van der Waals surface area (Å²) in [5.41, 5.74) is 2.48. The zero-order valence-electron chi connectivity index (χ0n) is 11.8. The Morgan fingerprint density at radius 1 is 1.35 bits per heavy atom. The standard InChI is InChI=1S/C16H21NO3/c1-17-14-10-19-9-13(14)15(18)8-16-12-5-3-2-4-11(12)6-7-20-16/h2-5,13-14,16-17H,6-10H2,1H3. The van der Waals surface area contributed by atoms with Gasteiger partial charge in [-0.15, -0.1) is 0 Å². The smallest absolute Gasteiger partial charge is 0.142 e. The molecule has 1 aromatic rings. The van der Waals surface area contributed by atoms with Crippen LogP contribution >= 0.6 is 0 Å². The summed E-state index contributed by atoms with van der Waals surface area (Å²) >= 11 is 0. The number of benzene rings is 1. The molecule has 4 nitrogen and oxygen atoms in total. The maximum absolute atomic E-state index is 12.5. The number of ether oxygens (including phenoxy) is 2. The Bertz CT molecular complexity index is 488. The van der Waals surface area contributed by atoms with Crippen LogP contribution in [-0.4, -0.2) is 38.7 Å². The van der Waals surface area contributed by atoms with Crippen LogP contribution in [-0.2, 0) is 20.7 Å². The third-order valence-electron chi connectivity index (χ3n) is 4.34. The van der Waals surface area contributed by atoms with Crippen molar-refractivity contribution in [2.45, 2.75) is 25.0 Å². The summed E-state index contributed by atoms with van der Waals surface area (Å²) in [4.78, 5) is 12.5. The van der Waals surface area contributed by atoms with Gasteiger partial charge in [-0.05, 0) is 24.6 Å². The highest BCUT2D eigenvalue weighted by atomic mass is 16.5. The van der Waals surface area contributed by atoms with Gasteiger partial charge in [0.1, 0.15) is 5.78 Å². The highest BCUT2D eigenvalue weighted by Gasteiger charge is 2.35. The zero-order valence-corrected chi connectivity index (χ0v) is 11.8. The first-order valence-corrected chi connectivity index (χ1v) is 7.26.